The molecule has 0 aliphatic carbocycles. The molecule has 6 nitrogen and oxygen atoms in total. The summed E-state index contributed by atoms with van der Waals surface area (Å²) in [5.41, 5.74) is -0.470. The van der Waals surface area contributed by atoms with Gasteiger partial charge in [-0.15, -0.1) is 5.10 Å². The molecule has 1 aromatic heterocycles. The molecule has 1 fully saturated rings. The van der Waals surface area contributed by atoms with E-state index >= 15 is 0 Å². The van der Waals surface area contributed by atoms with Crippen LogP contribution in [0.25, 0.3) is 0 Å². The van der Waals surface area contributed by atoms with Crippen molar-refractivity contribution in [1.29, 1.82) is 0 Å². The molecule has 0 radical (unpaired) electrons. The molecule has 1 N–H and O–H groups in total. The molecule has 1 aliphatic rings. The van der Waals surface area contributed by atoms with Gasteiger partial charge in [0.25, 0.3) is 0 Å². The number of carbonyl (C=O) groups excluding carboxylic acids is 1. The van der Waals surface area contributed by atoms with Gasteiger partial charge in [-0.3, -0.25) is 0 Å². The molecule has 0 saturated carbocycles. The van der Waals surface area contributed by atoms with Crippen LogP contribution in [0.3, 0.4) is 0 Å². The molecule has 0 spiro atoms. The maximum atomic E-state index is 11.7. The molecule has 2 heterocycles. The van der Waals surface area contributed by atoms with Gasteiger partial charge in [0.05, 0.1) is 15.8 Å². The summed E-state index contributed by atoms with van der Waals surface area (Å²) in [7, 11) is 0. The summed E-state index contributed by atoms with van der Waals surface area (Å²) in [6.45, 7) is 7.16. The van der Waals surface area contributed by atoms with Crippen LogP contribution in [-0.4, -0.2) is 41.0 Å². The summed E-state index contributed by atoms with van der Waals surface area (Å²) in [6.07, 6.45) is 2.20. The lowest BCUT2D eigenvalue weighted by atomic mass is 10.2. The van der Waals surface area contributed by atoms with Crippen molar-refractivity contribution >= 4 is 34.5 Å². The Balaban J connectivity index is 1.90. The summed E-state index contributed by atoms with van der Waals surface area (Å²) >= 11 is 2.24. The maximum Gasteiger partial charge on any atom is 0.407 e. The average Bonchev–Trinajstić information content (AvgIpc) is 2.75. The van der Waals surface area contributed by atoms with Crippen LogP contribution < -0.4 is 10.2 Å². The highest BCUT2D eigenvalue weighted by Gasteiger charge is 2.27. The van der Waals surface area contributed by atoms with Crippen molar-refractivity contribution in [3.8, 4) is 0 Å². The van der Waals surface area contributed by atoms with Crippen molar-refractivity contribution in [3.05, 3.63) is 15.8 Å². The normalized spacial score (nSPS) is 19.0. The van der Waals surface area contributed by atoms with Crippen molar-refractivity contribution < 1.29 is 9.53 Å². The number of alkyl carbamates (subject to hydrolysis) is 1. The van der Waals surface area contributed by atoms with Crippen LogP contribution in [0.2, 0.25) is 0 Å². The zero-order chi connectivity index (χ0) is 14.8. The molecule has 1 aromatic rings. The van der Waals surface area contributed by atoms with Crippen molar-refractivity contribution in [2.24, 2.45) is 0 Å². The lowest BCUT2D eigenvalue weighted by Crippen LogP contribution is -2.40. The van der Waals surface area contributed by atoms with Gasteiger partial charge in [-0.25, -0.2) is 4.79 Å². The second kappa shape index (κ2) is 6.11. The highest BCUT2D eigenvalue weighted by molar-refractivity contribution is 14.1. The summed E-state index contributed by atoms with van der Waals surface area (Å²) in [5.74, 6) is 0.876. The summed E-state index contributed by atoms with van der Waals surface area (Å²) in [6, 6.07) is 2.01. The van der Waals surface area contributed by atoms with Crippen LogP contribution in [0.1, 0.15) is 27.2 Å². The van der Waals surface area contributed by atoms with Crippen LogP contribution in [0.4, 0.5) is 10.6 Å². The third-order valence-corrected chi connectivity index (χ3v) is 3.70. The Kier molecular flexibility index (Phi) is 4.66. The van der Waals surface area contributed by atoms with Gasteiger partial charge in [0.1, 0.15) is 5.60 Å². The first-order chi connectivity index (χ1) is 9.35. The Morgan fingerprint density at radius 1 is 1.55 bits per heavy atom. The smallest absolute Gasteiger partial charge is 0.407 e. The number of nitrogens with one attached hydrogen (secondary N) is 1. The van der Waals surface area contributed by atoms with Gasteiger partial charge in [-0.05, 0) is 55.8 Å². The van der Waals surface area contributed by atoms with Gasteiger partial charge in [0.2, 0.25) is 0 Å². The van der Waals surface area contributed by atoms with Crippen LogP contribution in [0.5, 0.6) is 0 Å². The minimum atomic E-state index is -0.470. The second-order valence-corrected chi connectivity index (χ2v) is 6.94. The number of amides is 1. The molecule has 2 rings (SSSR count). The number of ether oxygens (including phenoxy) is 1. The Hall–Kier alpha value is -1.12. The van der Waals surface area contributed by atoms with E-state index in [4.69, 9.17) is 4.74 Å². The van der Waals surface area contributed by atoms with E-state index in [1.54, 1.807) is 6.20 Å². The molecule has 20 heavy (non-hydrogen) atoms. The molecule has 110 valence electrons. The first-order valence-electron chi connectivity index (χ1n) is 6.57. The third-order valence-electron chi connectivity index (χ3n) is 2.86. The van der Waals surface area contributed by atoms with Crippen LogP contribution in [-0.2, 0) is 4.74 Å². The predicted octanol–water partition coefficient (Wildman–Crippen LogP) is 2.18. The van der Waals surface area contributed by atoms with Crippen molar-refractivity contribution in [3.63, 3.8) is 0 Å². The summed E-state index contributed by atoms with van der Waals surface area (Å²) in [4.78, 5) is 13.9. The SMILES string of the molecule is CC(C)(C)OC(=O)N[C@@H]1CCN(c2nnccc2I)C1. The molecular formula is C13H19IN4O2. The quantitative estimate of drug-likeness (QED) is 0.785. The van der Waals surface area contributed by atoms with Gasteiger partial charge in [-0.2, -0.15) is 5.10 Å². The average molecular weight is 390 g/mol. The van der Waals surface area contributed by atoms with Gasteiger partial charge in [-0.1, -0.05) is 0 Å². The fourth-order valence-electron chi connectivity index (χ4n) is 2.07. The monoisotopic (exact) mass is 390 g/mol. The van der Waals surface area contributed by atoms with Crippen molar-refractivity contribution in [1.82, 2.24) is 15.5 Å². The molecule has 1 aliphatic heterocycles. The van der Waals surface area contributed by atoms with E-state index in [9.17, 15) is 4.79 Å². The number of halogens is 1. The minimum absolute atomic E-state index is 0.0858. The molecule has 7 heteroatoms. The Bertz CT molecular complexity index is 490. The fourth-order valence-corrected chi connectivity index (χ4v) is 2.68. The highest BCUT2D eigenvalue weighted by atomic mass is 127. The molecular weight excluding hydrogens is 371 g/mol. The van der Waals surface area contributed by atoms with Crippen molar-refractivity contribution in [2.45, 2.75) is 38.8 Å². The largest absolute Gasteiger partial charge is 0.444 e. The van der Waals surface area contributed by atoms with Gasteiger partial charge in [0, 0.05) is 13.1 Å². The van der Waals surface area contributed by atoms with E-state index in [-0.39, 0.29) is 12.1 Å². The molecule has 0 aromatic carbocycles. The molecule has 1 amide bonds. The Labute approximate surface area is 132 Å². The van der Waals surface area contributed by atoms with E-state index in [0.717, 1.165) is 28.9 Å². The van der Waals surface area contributed by atoms with Gasteiger partial charge in [0.15, 0.2) is 5.82 Å². The Morgan fingerprint density at radius 2 is 2.30 bits per heavy atom. The highest BCUT2D eigenvalue weighted by Crippen LogP contribution is 2.22. The van der Waals surface area contributed by atoms with E-state index < -0.39 is 5.60 Å². The third kappa shape index (κ3) is 4.19. The first-order valence-corrected chi connectivity index (χ1v) is 7.65. The minimum Gasteiger partial charge on any atom is -0.444 e. The predicted molar refractivity (Wildman–Crippen MR) is 84.7 cm³/mol. The van der Waals surface area contributed by atoms with Crippen LogP contribution in [0, 0.1) is 3.57 Å². The van der Waals surface area contributed by atoms with E-state index in [1.165, 1.54) is 0 Å². The van der Waals surface area contributed by atoms with Gasteiger partial charge >= 0.3 is 6.09 Å². The van der Waals surface area contributed by atoms with Crippen LogP contribution in [0.15, 0.2) is 12.3 Å². The molecule has 1 atom stereocenters. The lowest BCUT2D eigenvalue weighted by Gasteiger charge is -2.22. The topological polar surface area (TPSA) is 67.3 Å². The van der Waals surface area contributed by atoms with E-state index in [2.05, 4.69) is 43.0 Å². The first kappa shape index (κ1) is 15.3. The standard InChI is InChI=1S/C13H19IN4O2/c1-13(2,3)20-12(19)16-9-5-7-18(8-9)11-10(14)4-6-15-17-11/h4,6,9H,5,7-8H2,1-3H3,(H,16,19)/t9-/m1/s1. The van der Waals surface area contributed by atoms with Crippen molar-refractivity contribution in [2.75, 3.05) is 18.0 Å². The number of carbonyl (C=O) groups is 1. The van der Waals surface area contributed by atoms with E-state index in [0.29, 0.717) is 0 Å². The number of hydrogen-bond donors (Lipinski definition) is 1. The summed E-state index contributed by atoms with van der Waals surface area (Å²) < 4.78 is 6.33. The molecule has 0 unspecified atom stereocenters. The fraction of sp³-hybridized carbons (Fsp3) is 0.615. The van der Waals surface area contributed by atoms with E-state index in [1.807, 2.05) is 26.8 Å². The Morgan fingerprint density at radius 3 is 2.95 bits per heavy atom. The zero-order valence-electron chi connectivity index (χ0n) is 11.9. The maximum absolute atomic E-state index is 11.7. The number of rotatable bonds is 2. The number of anilines is 1. The number of nitrogens with zero attached hydrogens (tertiary/aromatic N) is 3. The summed E-state index contributed by atoms with van der Waals surface area (Å²) in [5, 5.41) is 11.0. The number of aromatic nitrogens is 2. The molecule has 1 saturated heterocycles. The lowest BCUT2D eigenvalue weighted by molar-refractivity contribution is 0.0509. The second-order valence-electron chi connectivity index (χ2n) is 5.78. The molecule has 0 bridgehead atoms. The van der Waals surface area contributed by atoms with Gasteiger partial charge < -0.3 is 15.0 Å². The zero-order valence-corrected chi connectivity index (χ0v) is 14.0. The number of hydrogen-bond acceptors (Lipinski definition) is 5. The van der Waals surface area contributed by atoms with Crippen LogP contribution >= 0.6 is 22.6 Å².